The van der Waals surface area contributed by atoms with Crippen molar-refractivity contribution in [1.82, 2.24) is 0 Å². The van der Waals surface area contributed by atoms with Gasteiger partial charge in [0.05, 0.1) is 10.0 Å². The van der Waals surface area contributed by atoms with Crippen molar-refractivity contribution >= 4 is 34.8 Å². The standard InChI is InChI=1S/C18H19Cl2NO2/c1-4-16(23-17-7-5-6-11(2)12(17)3)18(22)21-13-8-9-14(19)15(20)10-13/h5-10,16H,4H2,1-3H3,(H,21,22)/t16-/m1/s1. The Morgan fingerprint density at radius 2 is 1.91 bits per heavy atom. The Labute approximate surface area is 146 Å². The third kappa shape index (κ3) is 4.40. The largest absolute Gasteiger partial charge is 0.480 e. The van der Waals surface area contributed by atoms with Gasteiger partial charge < -0.3 is 10.1 Å². The molecule has 1 amide bonds. The van der Waals surface area contributed by atoms with Crippen LogP contribution in [-0.4, -0.2) is 12.0 Å². The highest BCUT2D eigenvalue weighted by molar-refractivity contribution is 6.42. The number of rotatable bonds is 5. The molecule has 0 aliphatic rings. The number of benzene rings is 2. The topological polar surface area (TPSA) is 38.3 Å². The molecule has 0 aromatic heterocycles. The quantitative estimate of drug-likeness (QED) is 0.782. The van der Waals surface area contributed by atoms with E-state index in [1.165, 1.54) is 0 Å². The molecule has 2 aromatic carbocycles. The Balaban J connectivity index is 2.12. The molecule has 2 aromatic rings. The Morgan fingerprint density at radius 3 is 2.57 bits per heavy atom. The zero-order valence-electron chi connectivity index (χ0n) is 13.3. The number of carbonyl (C=O) groups excluding carboxylic acids is 1. The van der Waals surface area contributed by atoms with Crippen molar-refractivity contribution in [1.29, 1.82) is 0 Å². The summed E-state index contributed by atoms with van der Waals surface area (Å²) in [6.07, 6.45) is -0.0227. The summed E-state index contributed by atoms with van der Waals surface area (Å²) in [5.41, 5.74) is 2.75. The molecule has 0 heterocycles. The Morgan fingerprint density at radius 1 is 1.17 bits per heavy atom. The number of halogens is 2. The maximum atomic E-state index is 12.4. The van der Waals surface area contributed by atoms with E-state index in [0.717, 1.165) is 16.9 Å². The second-order valence-electron chi connectivity index (χ2n) is 5.33. The summed E-state index contributed by atoms with van der Waals surface area (Å²) in [5.74, 6) is 0.507. The van der Waals surface area contributed by atoms with Crippen LogP contribution in [0, 0.1) is 13.8 Å². The van der Waals surface area contributed by atoms with Gasteiger partial charge in [0, 0.05) is 5.69 Å². The van der Waals surface area contributed by atoms with Gasteiger partial charge in [0.1, 0.15) is 5.75 Å². The van der Waals surface area contributed by atoms with Gasteiger partial charge in [-0.15, -0.1) is 0 Å². The summed E-state index contributed by atoms with van der Waals surface area (Å²) in [4.78, 5) is 12.4. The zero-order chi connectivity index (χ0) is 17.0. The average molecular weight is 352 g/mol. The molecule has 0 spiro atoms. The SMILES string of the molecule is CC[C@@H](Oc1cccc(C)c1C)C(=O)Nc1ccc(Cl)c(Cl)c1. The van der Waals surface area contributed by atoms with Crippen molar-refractivity contribution in [2.24, 2.45) is 0 Å². The van der Waals surface area contributed by atoms with Gasteiger partial charge in [-0.1, -0.05) is 42.3 Å². The van der Waals surface area contributed by atoms with Crippen LogP contribution in [0.15, 0.2) is 36.4 Å². The van der Waals surface area contributed by atoms with Crippen LogP contribution in [0.25, 0.3) is 0 Å². The highest BCUT2D eigenvalue weighted by Gasteiger charge is 2.20. The number of hydrogen-bond donors (Lipinski definition) is 1. The summed E-state index contributed by atoms with van der Waals surface area (Å²) < 4.78 is 5.89. The summed E-state index contributed by atoms with van der Waals surface area (Å²) in [6.45, 7) is 5.90. The molecule has 3 nitrogen and oxygen atoms in total. The summed E-state index contributed by atoms with van der Waals surface area (Å²) in [7, 11) is 0. The molecule has 1 atom stereocenters. The molecule has 0 saturated carbocycles. The Bertz CT molecular complexity index is 716. The van der Waals surface area contributed by atoms with E-state index < -0.39 is 6.10 Å². The van der Waals surface area contributed by atoms with Gasteiger partial charge in [0.25, 0.3) is 5.91 Å². The second-order valence-corrected chi connectivity index (χ2v) is 6.15. The van der Waals surface area contributed by atoms with Gasteiger partial charge in [-0.05, 0) is 55.7 Å². The predicted molar refractivity (Wildman–Crippen MR) is 95.7 cm³/mol. The maximum Gasteiger partial charge on any atom is 0.265 e. The molecular formula is C18H19Cl2NO2. The first kappa shape index (κ1) is 17.6. The molecule has 1 N–H and O–H groups in total. The first-order chi connectivity index (χ1) is 10.9. The number of carbonyl (C=O) groups is 1. The van der Waals surface area contributed by atoms with Crippen LogP contribution in [0.5, 0.6) is 5.75 Å². The van der Waals surface area contributed by atoms with E-state index >= 15 is 0 Å². The smallest absolute Gasteiger partial charge is 0.265 e. The lowest BCUT2D eigenvalue weighted by Gasteiger charge is -2.19. The van der Waals surface area contributed by atoms with E-state index in [1.54, 1.807) is 18.2 Å². The van der Waals surface area contributed by atoms with Crippen LogP contribution in [0.2, 0.25) is 10.0 Å². The van der Waals surface area contributed by atoms with Crippen molar-refractivity contribution in [3.63, 3.8) is 0 Å². The van der Waals surface area contributed by atoms with E-state index in [-0.39, 0.29) is 5.91 Å². The molecular weight excluding hydrogens is 333 g/mol. The molecule has 5 heteroatoms. The molecule has 0 radical (unpaired) electrons. The van der Waals surface area contributed by atoms with Gasteiger partial charge in [-0.3, -0.25) is 4.79 Å². The van der Waals surface area contributed by atoms with E-state index in [0.29, 0.717) is 22.2 Å². The predicted octanol–water partition coefficient (Wildman–Crippen LogP) is 5.41. The average Bonchev–Trinajstić information content (AvgIpc) is 2.52. The van der Waals surface area contributed by atoms with Gasteiger partial charge in [0.2, 0.25) is 0 Å². The summed E-state index contributed by atoms with van der Waals surface area (Å²) in [6, 6.07) is 10.8. The number of nitrogens with one attached hydrogen (secondary N) is 1. The van der Waals surface area contributed by atoms with Gasteiger partial charge >= 0.3 is 0 Å². The fraction of sp³-hybridized carbons (Fsp3) is 0.278. The number of aryl methyl sites for hydroxylation is 1. The zero-order valence-corrected chi connectivity index (χ0v) is 14.8. The highest BCUT2D eigenvalue weighted by Crippen LogP contribution is 2.26. The van der Waals surface area contributed by atoms with Crippen LogP contribution in [-0.2, 0) is 4.79 Å². The fourth-order valence-electron chi connectivity index (χ4n) is 2.12. The number of ether oxygens (including phenoxy) is 1. The minimum absolute atomic E-state index is 0.216. The van der Waals surface area contributed by atoms with Crippen LogP contribution < -0.4 is 10.1 Å². The van der Waals surface area contributed by atoms with Crippen molar-refractivity contribution in [2.75, 3.05) is 5.32 Å². The summed E-state index contributed by atoms with van der Waals surface area (Å²) in [5, 5.41) is 3.65. The third-order valence-corrected chi connectivity index (χ3v) is 4.41. The van der Waals surface area contributed by atoms with Gasteiger partial charge in [-0.2, -0.15) is 0 Å². The minimum atomic E-state index is -0.579. The lowest BCUT2D eigenvalue weighted by atomic mass is 10.1. The van der Waals surface area contributed by atoms with Crippen LogP contribution in [0.4, 0.5) is 5.69 Å². The molecule has 0 bridgehead atoms. The molecule has 0 aliphatic carbocycles. The van der Waals surface area contributed by atoms with E-state index in [2.05, 4.69) is 5.32 Å². The second kappa shape index (κ2) is 7.71. The first-order valence-electron chi connectivity index (χ1n) is 7.41. The monoisotopic (exact) mass is 351 g/mol. The van der Waals surface area contributed by atoms with Crippen LogP contribution in [0.3, 0.4) is 0 Å². The third-order valence-electron chi connectivity index (χ3n) is 3.67. The number of hydrogen-bond acceptors (Lipinski definition) is 2. The van der Waals surface area contributed by atoms with Crippen LogP contribution >= 0.6 is 23.2 Å². The first-order valence-corrected chi connectivity index (χ1v) is 8.16. The Kier molecular flexibility index (Phi) is 5.91. The lowest BCUT2D eigenvalue weighted by Crippen LogP contribution is -2.32. The molecule has 0 unspecified atom stereocenters. The Hall–Kier alpha value is -1.71. The van der Waals surface area contributed by atoms with Crippen molar-refractivity contribution in [2.45, 2.75) is 33.3 Å². The summed E-state index contributed by atoms with van der Waals surface area (Å²) >= 11 is 11.8. The van der Waals surface area contributed by atoms with E-state index in [9.17, 15) is 4.79 Å². The molecule has 23 heavy (non-hydrogen) atoms. The van der Waals surface area contributed by atoms with E-state index in [1.807, 2.05) is 39.0 Å². The molecule has 0 fully saturated rings. The molecule has 0 aliphatic heterocycles. The highest BCUT2D eigenvalue weighted by atomic mass is 35.5. The van der Waals surface area contributed by atoms with Gasteiger partial charge in [0.15, 0.2) is 6.10 Å². The maximum absolute atomic E-state index is 12.4. The van der Waals surface area contributed by atoms with Crippen molar-refractivity contribution in [3.05, 3.63) is 57.6 Å². The minimum Gasteiger partial charge on any atom is -0.480 e. The number of anilines is 1. The van der Waals surface area contributed by atoms with E-state index in [4.69, 9.17) is 27.9 Å². The van der Waals surface area contributed by atoms with Crippen molar-refractivity contribution in [3.8, 4) is 5.75 Å². The lowest BCUT2D eigenvalue weighted by molar-refractivity contribution is -0.122. The van der Waals surface area contributed by atoms with Crippen molar-refractivity contribution < 1.29 is 9.53 Å². The number of amides is 1. The normalized spacial score (nSPS) is 11.9. The molecule has 122 valence electrons. The molecule has 0 saturated heterocycles. The van der Waals surface area contributed by atoms with Crippen LogP contribution in [0.1, 0.15) is 24.5 Å². The fourth-order valence-corrected chi connectivity index (χ4v) is 2.42. The van der Waals surface area contributed by atoms with Gasteiger partial charge in [-0.25, -0.2) is 0 Å². The molecule has 2 rings (SSSR count).